The number of ether oxygens (including phenoxy) is 3. The number of benzene rings is 2. The van der Waals surface area contributed by atoms with Gasteiger partial charge in [-0.05, 0) is 67.6 Å². The second-order valence-corrected chi connectivity index (χ2v) is 10.2. The molecule has 0 bridgehead atoms. The number of aromatic nitrogens is 2. The van der Waals surface area contributed by atoms with E-state index in [1.807, 2.05) is 77.9 Å². The molecule has 192 valence electrons. The lowest BCUT2D eigenvalue weighted by molar-refractivity contribution is 0.0509. The van der Waals surface area contributed by atoms with E-state index in [0.29, 0.717) is 40.4 Å². The van der Waals surface area contributed by atoms with Crippen molar-refractivity contribution < 1.29 is 19.0 Å². The van der Waals surface area contributed by atoms with Crippen molar-refractivity contribution in [2.75, 3.05) is 20.3 Å². The minimum absolute atomic E-state index is 0.00844. The SMILES string of the molecule is COc1ccccc1Oc1c(CN(CC2CCCO2)C(=O)c2cccs2)c(C)nn1-c1ccc(Cl)cc1. The molecule has 37 heavy (non-hydrogen) atoms. The Morgan fingerprint density at radius 3 is 2.62 bits per heavy atom. The van der Waals surface area contributed by atoms with Crippen LogP contribution in [0.25, 0.3) is 5.69 Å². The Morgan fingerprint density at radius 2 is 1.95 bits per heavy atom. The van der Waals surface area contributed by atoms with Crippen molar-refractivity contribution in [3.63, 3.8) is 0 Å². The molecule has 3 heterocycles. The zero-order valence-corrected chi connectivity index (χ0v) is 22.3. The number of para-hydroxylation sites is 2. The van der Waals surface area contributed by atoms with Gasteiger partial charge in [0.25, 0.3) is 5.91 Å². The van der Waals surface area contributed by atoms with Crippen molar-refractivity contribution >= 4 is 28.8 Å². The number of thiophene rings is 1. The van der Waals surface area contributed by atoms with Gasteiger partial charge in [0.1, 0.15) is 0 Å². The number of halogens is 1. The fourth-order valence-corrected chi connectivity index (χ4v) is 5.21. The third-order valence-electron chi connectivity index (χ3n) is 6.30. The monoisotopic (exact) mass is 537 g/mol. The maximum atomic E-state index is 13.6. The molecule has 9 heteroatoms. The topological polar surface area (TPSA) is 65.8 Å². The summed E-state index contributed by atoms with van der Waals surface area (Å²) in [5.74, 6) is 1.63. The lowest BCUT2D eigenvalue weighted by atomic mass is 10.2. The first-order valence-electron chi connectivity index (χ1n) is 12.1. The summed E-state index contributed by atoms with van der Waals surface area (Å²) in [7, 11) is 1.61. The van der Waals surface area contributed by atoms with E-state index in [2.05, 4.69) is 0 Å². The largest absolute Gasteiger partial charge is 0.493 e. The van der Waals surface area contributed by atoms with Gasteiger partial charge >= 0.3 is 0 Å². The van der Waals surface area contributed by atoms with Gasteiger partial charge in [-0.15, -0.1) is 11.3 Å². The molecule has 1 aliphatic rings. The number of hydrogen-bond donors (Lipinski definition) is 0. The number of carbonyl (C=O) groups is 1. The van der Waals surface area contributed by atoms with Crippen molar-refractivity contribution in [2.45, 2.75) is 32.4 Å². The molecule has 2 aromatic heterocycles. The van der Waals surface area contributed by atoms with E-state index in [4.69, 9.17) is 30.9 Å². The Balaban J connectivity index is 1.56. The maximum Gasteiger partial charge on any atom is 0.264 e. The van der Waals surface area contributed by atoms with Crippen molar-refractivity contribution in [3.05, 3.63) is 87.2 Å². The Hall–Kier alpha value is -3.33. The molecule has 1 fully saturated rings. The standard InChI is InChI=1S/C28H28ClN3O4S/c1-19-23(18-31(17-22-7-5-15-35-22)27(33)26-10-6-16-37-26)28(36-25-9-4-3-8-24(25)34-2)32(30-19)21-13-11-20(29)12-14-21/h3-4,6,8-14,16,22H,5,7,15,17-18H2,1-2H3. The zero-order valence-electron chi connectivity index (χ0n) is 20.7. The van der Waals surface area contributed by atoms with Crippen LogP contribution in [0.3, 0.4) is 0 Å². The maximum absolute atomic E-state index is 13.6. The molecule has 2 aromatic carbocycles. The van der Waals surface area contributed by atoms with Crippen molar-refractivity contribution in [3.8, 4) is 23.1 Å². The van der Waals surface area contributed by atoms with Crippen molar-refractivity contribution in [1.29, 1.82) is 0 Å². The quantitative estimate of drug-likeness (QED) is 0.243. The number of hydrogen-bond acceptors (Lipinski definition) is 6. The molecule has 1 aliphatic heterocycles. The van der Waals surface area contributed by atoms with Gasteiger partial charge in [-0.25, -0.2) is 4.68 Å². The first-order chi connectivity index (χ1) is 18.0. The number of nitrogens with zero attached hydrogens (tertiary/aromatic N) is 3. The Morgan fingerprint density at radius 1 is 1.16 bits per heavy atom. The molecule has 0 aliphatic carbocycles. The second-order valence-electron chi connectivity index (χ2n) is 8.81. The van der Waals surface area contributed by atoms with E-state index in [1.54, 1.807) is 11.8 Å². The van der Waals surface area contributed by atoms with Crippen LogP contribution in [0.4, 0.5) is 0 Å². The highest BCUT2D eigenvalue weighted by atomic mass is 35.5. The number of aryl methyl sites for hydroxylation is 1. The fraction of sp³-hybridized carbons (Fsp3) is 0.286. The van der Waals surface area contributed by atoms with Gasteiger partial charge in [-0.3, -0.25) is 4.79 Å². The van der Waals surface area contributed by atoms with Crippen LogP contribution in [0.15, 0.2) is 66.0 Å². The van der Waals surface area contributed by atoms with E-state index in [1.165, 1.54) is 11.3 Å². The minimum atomic E-state index is -0.0348. The molecule has 5 rings (SSSR count). The minimum Gasteiger partial charge on any atom is -0.493 e. The van der Waals surface area contributed by atoms with Gasteiger partial charge in [0, 0.05) is 18.2 Å². The predicted octanol–water partition coefficient (Wildman–Crippen LogP) is 6.52. The van der Waals surface area contributed by atoms with Crippen LogP contribution in [0, 0.1) is 6.92 Å². The van der Waals surface area contributed by atoms with Gasteiger partial charge < -0.3 is 19.1 Å². The van der Waals surface area contributed by atoms with Gasteiger partial charge in [-0.2, -0.15) is 5.10 Å². The smallest absolute Gasteiger partial charge is 0.264 e. The normalized spacial score (nSPS) is 15.1. The summed E-state index contributed by atoms with van der Waals surface area (Å²) in [5.41, 5.74) is 2.36. The molecule has 4 aromatic rings. The van der Waals surface area contributed by atoms with E-state index in [9.17, 15) is 4.79 Å². The van der Waals surface area contributed by atoms with Crippen molar-refractivity contribution in [1.82, 2.24) is 14.7 Å². The molecule has 7 nitrogen and oxygen atoms in total. The molecule has 1 unspecified atom stereocenters. The number of carbonyl (C=O) groups excluding carboxylic acids is 1. The average Bonchev–Trinajstić information content (AvgIpc) is 3.68. The Bertz CT molecular complexity index is 1350. The summed E-state index contributed by atoms with van der Waals surface area (Å²) >= 11 is 7.58. The van der Waals surface area contributed by atoms with E-state index >= 15 is 0 Å². The molecular formula is C28H28ClN3O4S. The zero-order chi connectivity index (χ0) is 25.8. The molecule has 0 N–H and O–H groups in total. The Labute approximate surface area is 225 Å². The first-order valence-corrected chi connectivity index (χ1v) is 13.4. The summed E-state index contributed by atoms with van der Waals surface area (Å²) in [4.78, 5) is 16.1. The molecule has 1 amide bonds. The van der Waals surface area contributed by atoms with E-state index in [0.717, 1.165) is 36.4 Å². The second kappa shape index (κ2) is 11.4. The van der Waals surface area contributed by atoms with Crippen LogP contribution in [0.1, 0.15) is 33.8 Å². The summed E-state index contributed by atoms with van der Waals surface area (Å²) < 4.78 is 19.6. The molecule has 0 saturated carbocycles. The van der Waals surface area contributed by atoms with Crippen molar-refractivity contribution in [2.24, 2.45) is 0 Å². The van der Waals surface area contributed by atoms with Crippen LogP contribution >= 0.6 is 22.9 Å². The predicted molar refractivity (Wildman–Crippen MR) is 144 cm³/mol. The van der Waals surface area contributed by atoms with Crippen LogP contribution in [0.2, 0.25) is 5.02 Å². The lowest BCUT2D eigenvalue weighted by Crippen LogP contribution is -2.36. The highest BCUT2D eigenvalue weighted by Gasteiger charge is 2.28. The molecular weight excluding hydrogens is 510 g/mol. The number of rotatable bonds is 9. The summed E-state index contributed by atoms with van der Waals surface area (Å²) in [6, 6.07) is 18.6. The third-order valence-corrected chi connectivity index (χ3v) is 7.41. The number of amides is 1. The lowest BCUT2D eigenvalue weighted by Gasteiger charge is -2.25. The van der Waals surface area contributed by atoms with Crippen LogP contribution in [-0.4, -0.2) is 47.0 Å². The highest BCUT2D eigenvalue weighted by Crippen LogP contribution is 2.36. The number of methoxy groups -OCH3 is 1. The van der Waals surface area contributed by atoms with E-state index < -0.39 is 0 Å². The molecule has 0 radical (unpaired) electrons. The molecule has 1 saturated heterocycles. The summed E-state index contributed by atoms with van der Waals surface area (Å²) in [5, 5.41) is 7.35. The van der Waals surface area contributed by atoms with Gasteiger partial charge in [0.05, 0.1) is 41.6 Å². The molecule has 0 spiro atoms. The van der Waals surface area contributed by atoms with Crippen LogP contribution < -0.4 is 9.47 Å². The average molecular weight is 538 g/mol. The summed E-state index contributed by atoms with van der Waals surface area (Å²) in [6.45, 7) is 3.47. The van der Waals surface area contributed by atoms with Gasteiger partial charge in [-0.1, -0.05) is 29.8 Å². The molecule has 1 atom stereocenters. The first kappa shape index (κ1) is 25.3. The van der Waals surface area contributed by atoms with Crippen LogP contribution in [0.5, 0.6) is 17.4 Å². The highest BCUT2D eigenvalue weighted by molar-refractivity contribution is 7.12. The Kier molecular flexibility index (Phi) is 7.79. The summed E-state index contributed by atoms with van der Waals surface area (Å²) in [6.07, 6.45) is 1.94. The van der Waals surface area contributed by atoms with Gasteiger partial charge in [0.15, 0.2) is 11.5 Å². The van der Waals surface area contributed by atoms with Gasteiger partial charge in [0.2, 0.25) is 5.88 Å². The third kappa shape index (κ3) is 5.66. The van der Waals surface area contributed by atoms with E-state index in [-0.39, 0.29) is 12.0 Å². The van der Waals surface area contributed by atoms with Crippen LogP contribution in [-0.2, 0) is 11.3 Å². The fourth-order valence-electron chi connectivity index (χ4n) is 4.39.